The van der Waals surface area contributed by atoms with E-state index in [2.05, 4.69) is 27.5 Å². The fourth-order valence-electron chi connectivity index (χ4n) is 1.75. The summed E-state index contributed by atoms with van der Waals surface area (Å²) in [6.07, 6.45) is 1.11. The largest absolute Gasteiger partial charge is 0.397 e. The normalized spacial score (nSPS) is 26.3. The molecular formula is C10H15N2P. The molecule has 3 N–H and O–H groups in total. The number of para-hydroxylation sites is 1. The Morgan fingerprint density at radius 1 is 1.54 bits per heavy atom. The molecule has 1 aromatic rings. The Morgan fingerprint density at radius 2 is 2.31 bits per heavy atom. The Balaban J connectivity index is 2.42. The van der Waals surface area contributed by atoms with Gasteiger partial charge in [-0.2, -0.15) is 0 Å². The second-order valence-electron chi connectivity index (χ2n) is 3.73. The molecule has 1 aliphatic rings. The van der Waals surface area contributed by atoms with Crippen molar-refractivity contribution in [2.24, 2.45) is 5.92 Å². The van der Waals surface area contributed by atoms with Crippen molar-refractivity contribution in [3.63, 3.8) is 0 Å². The van der Waals surface area contributed by atoms with E-state index in [4.69, 9.17) is 5.73 Å². The third kappa shape index (κ3) is 1.51. The quantitative estimate of drug-likeness (QED) is 0.490. The maximum Gasteiger partial charge on any atom is 0.0611 e. The van der Waals surface area contributed by atoms with Gasteiger partial charge in [-0.3, -0.25) is 0 Å². The van der Waals surface area contributed by atoms with Gasteiger partial charge in [0.15, 0.2) is 0 Å². The van der Waals surface area contributed by atoms with Crippen molar-refractivity contribution in [2.45, 2.75) is 19.1 Å². The van der Waals surface area contributed by atoms with E-state index >= 15 is 0 Å². The van der Waals surface area contributed by atoms with Crippen LogP contribution in [-0.2, 0) is 6.42 Å². The molecule has 2 nitrogen and oxygen atoms in total. The Hall–Kier alpha value is -0.750. The molecule has 3 unspecified atom stereocenters. The van der Waals surface area contributed by atoms with E-state index in [1.165, 1.54) is 5.56 Å². The Morgan fingerprint density at radius 3 is 3.08 bits per heavy atom. The molecule has 0 saturated heterocycles. The molecule has 3 heteroatoms. The number of hydrogen-bond donors (Lipinski definition) is 2. The lowest BCUT2D eigenvalue weighted by Crippen LogP contribution is -2.28. The molecule has 0 saturated carbocycles. The van der Waals surface area contributed by atoms with Crippen molar-refractivity contribution >= 4 is 20.6 Å². The molecule has 70 valence electrons. The van der Waals surface area contributed by atoms with E-state index in [1.54, 1.807) is 0 Å². The number of hydrogen-bond acceptors (Lipinski definition) is 2. The highest BCUT2D eigenvalue weighted by Crippen LogP contribution is 2.34. The molecule has 0 fully saturated rings. The second-order valence-corrected chi connectivity index (χ2v) is 4.45. The Bertz CT molecular complexity index is 325. The predicted molar refractivity (Wildman–Crippen MR) is 60.8 cm³/mol. The van der Waals surface area contributed by atoms with Gasteiger partial charge in [-0.15, -0.1) is 9.24 Å². The topological polar surface area (TPSA) is 38.0 Å². The fourth-order valence-corrected chi connectivity index (χ4v) is 2.05. The van der Waals surface area contributed by atoms with E-state index in [-0.39, 0.29) is 0 Å². The Kier molecular flexibility index (Phi) is 2.17. The van der Waals surface area contributed by atoms with E-state index in [0.717, 1.165) is 17.8 Å². The summed E-state index contributed by atoms with van der Waals surface area (Å²) in [6.45, 7) is 2.25. The zero-order valence-corrected chi connectivity index (χ0v) is 8.90. The first-order valence-electron chi connectivity index (χ1n) is 4.58. The first-order chi connectivity index (χ1) is 6.18. The third-order valence-electron chi connectivity index (χ3n) is 2.65. The van der Waals surface area contributed by atoms with Gasteiger partial charge in [0, 0.05) is 5.78 Å². The molecule has 0 aromatic heterocycles. The number of anilines is 2. The molecular weight excluding hydrogens is 179 g/mol. The number of rotatable bonds is 0. The lowest BCUT2D eigenvalue weighted by Gasteiger charge is -2.30. The average molecular weight is 194 g/mol. The smallest absolute Gasteiger partial charge is 0.0611 e. The fraction of sp³-hybridized carbons (Fsp3) is 0.400. The van der Waals surface area contributed by atoms with E-state index in [9.17, 15) is 0 Å². The molecule has 0 bridgehead atoms. The highest BCUT2D eigenvalue weighted by molar-refractivity contribution is 7.17. The zero-order chi connectivity index (χ0) is 9.42. The molecule has 0 radical (unpaired) electrons. The number of nitrogens with one attached hydrogen (secondary N) is 1. The predicted octanol–water partition coefficient (Wildman–Crippen LogP) is 2.07. The first-order valence-corrected chi connectivity index (χ1v) is 5.24. The van der Waals surface area contributed by atoms with Crippen molar-refractivity contribution < 1.29 is 0 Å². The van der Waals surface area contributed by atoms with E-state index in [0.29, 0.717) is 11.7 Å². The molecule has 0 spiro atoms. The SMILES string of the molecule is CC1Cc2cccc(N)c2NC1P. The zero-order valence-electron chi connectivity index (χ0n) is 7.75. The molecule has 13 heavy (non-hydrogen) atoms. The third-order valence-corrected chi connectivity index (χ3v) is 3.47. The Labute approximate surface area is 81.1 Å². The van der Waals surface area contributed by atoms with Crippen molar-refractivity contribution in [2.75, 3.05) is 11.1 Å². The van der Waals surface area contributed by atoms with E-state index in [1.807, 2.05) is 12.1 Å². The van der Waals surface area contributed by atoms with Gasteiger partial charge in [0.1, 0.15) is 0 Å². The lowest BCUT2D eigenvalue weighted by molar-refractivity contribution is 0.564. The van der Waals surface area contributed by atoms with Crippen LogP contribution < -0.4 is 11.1 Å². The maximum atomic E-state index is 5.88. The van der Waals surface area contributed by atoms with Crippen LogP contribution in [0.2, 0.25) is 0 Å². The van der Waals surface area contributed by atoms with Gasteiger partial charge in [-0.05, 0) is 24.0 Å². The van der Waals surface area contributed by atoms with Crippen LogP contribution in [0, 0.1) is 5.92 Å². The molecule has 0 aliphatic carbocycles. The highest BCUT2D eigenvalue weighted by atomic mass is 31.0. The number of benzene rings is 1. The summed E-state index contributed by atoms with van der Waals surface area (Å²) in [5, 5.41) is 3.42. The van der Waals surface area contributed by atoms with Crippen molar-refractivity contribution in [3.05, 3.63) is 23.8 Å². The van der Waals surface area contributed by atoms with E-state index < -0.39 is 0 Å². The van der Waals surface area contributed by atoms with Crippen LogP contribution in [0.25, 0.3) is 0 Å². The van der Waals surface area contributed by atoms with Crippen LogP contribution in [0.3, 0.4) is 0 Å². The van der Waals surface area contributed by atoms with Gasteiger partial charge in [-0.1, -0.05) is 19.1 Å². The first kappa shape index (κ1) is 8.83. The summed E-state index contributed by atoms with van der Waals surface area (Å²) in [5.74, 6) is 1.09. The molecule has 3 atom stereocenters. The average Bonchev–Trinajstić information content (AvgIpc) is 2.09. The van der Waals surface area contributed by atoms with Crippen LogP contribution in [0.5, 0.6) is 0 Å². The van der Waals surface area contributed by atoms with Gasteiger partial charge in [0.05, 0.1) is 11.4 Å². The summed E-state index contributed by atoms with van der Waals surface area (Å²) in [7, 11) is 2.82. The van der Waals surface area contributed by atoms with Gasteiger partial charge >= 0.3 is 0 Å². The minimum atomic E-state index is 0.442. The van der Waals surface area contributed by atoms with Gasteiger partial charge < -0.3 is 11.1 Å². The van der Waals surface area contributed by atoms with Crippen LogP contribution >= 0.6 is 9.24 Å². The molecule has 1 heterocycles. The van der Waals surface area contributed by atoms with Crippen LogP contribution in [-0.4, -0.2) is 5.78 Å². The van der Waals surface area contributed by atoms with Crippen LogP contribution in [0.1, 0.15) is 12.5 Å². The number of nitrogens with two attached hydrogens (primary N) is 1. The van der Waals surface area contributed by atoms with Gasteiger partial charge in [0.25, 0.3) is 0 Å². The minimum absolute atomic E-state index is 0.442. The van der Waals surface area contributed by atoms with Crippen molar-refractivity contribution in [1.29, 1.82) is 0 Å². The summed E-state index contributed by atoms with van der Waals surface area (Å²) >= 11 is 0. The van der Waals surface area contributed by atoms with Gasteiger partial charge in [-0.25, -0.2) is 0 Å². The van der Waals surface area contributed by atoms with Crippen LogP contribution in [0.15, 0.2) is 18.2 Å². The second kappa shape index (κ2) is 3.19. The summed E-state index contributed by atoms with van der Waals surface area (Å²) in [4.78, 5) is 0. The molecule has 1 aliphatic heterocycles. The monoisotopic (exact) mass is 194 g/mol. The van der Waals surface area contributed by atoms with Crippen molar-refractivity contribution in [1.82, 2.24) is 0 Å². The number of fused-ring (bicyclic) bond motifs is 1. The summed E-state index contributed by atoms with van der Waals surface area (Å²) < 4.78 is 0. The van der Waals surface area contributed by atoms with Crippen molar-refractivity contribution in [3.8, 4) is 0 Å². The molecule has 1 aromatic carbocycles. The lowest BCUT2D eigenvalue weighted by atomic mass is 9.94. The minimum Gasteiger partial charge on any atom is -0.397 e. The summed E-state index contributed by atoms with van der Waals surface area (Å²) in [6, 6.07) is 6.11. The number of nitrogen functional groups attached to an aromatic ring is 1. The van der Waals surface area contributed by atoms with Crippen LogP contribution in [0.4, 0.5) is 11.4 Å². The molecule has 0 amide bonds. The molecule has 2 rings (SSSR count). The standard InChI is InChI=1S/C10H15N2P/c1-6-5-7-3-2-4-8(11)9(7)12-10(6)13/h2-4,6,10,12H,5,11,13H2,1H3. The highest BCUT2D eigenvalue weighted by Gasteiger charge is 2.21. The maximum absolute atomic E-state index is 5.88. The van der Waals surface area contributed by atoms with Gasteiger partial charge in [0.2, 0.25) is 0 Å². The summed E-state index contributed by atoms with van der Waals surface area (Å²) in [5.41, 5.74) is 9.20.